The Morgan fingerprint density at radius 3 is 2.61 bits per heavy atom. The molecule has 0 atom stereocenters. The molecule has 98 valence electrons. The number of hydrogen-bond acceptors (Lipinski definition) is 3. The Morgan fingerprint density at radius 2 is 2.06 bits per heavy atom. The lowest BCUT2D eigenvalue weighted by atomic mass is 9.81. The van der Waals surface area contributed by atoms with E-state index >= 15 is 0 Å². The molecule has 1 aromatic rings. The average Bonchev–Trinajstić information content (AvgIpc) is 2.34. The summed E-state index contributed by atoms with van der Waals surface area (Å²) in [7, 11) is 1.63. The van der Waals surface area contributed by atoms with Crippen LogP contribution in [0.15, 0.2) is 24.3 Å². The number of nitrogens with two attached hydrogens (primary N) is 1. The van der Waals surface area contributed by atoms with Crippen LogP contribution >= 0.6 is 0 Å². The van der Waals surface area contributed by atoms with Gasteiger partial charge in [-0.25, -0.2) is 0 Å². The van der Waals surface area contributed by atoms with Gasteiger partial charge >= 0.3 is 0 Å². The lowest BCUT2D eigenvalue weighted by molar-refractivity contribution is -0.120. The normalized spacial score (nSPS) is 22.1. The molecule has 0 aromatic heterocycles. The Balaban J connectivity index is 1.72. The predicted molar refractivity (Wildman–Crippen MR) is 70.4 cm³/mol. The van der Waals surface area contributed by atoms with Crippen LogP contribution in [0, 0.1) is 5.92 Å². The van der Waals surface area contributed by atoms with E-state index in [1.54, 1.807) is 7.11 Å². The van der Waals surface area contributed by atoms with Crippen LogP contribution in [0.2, 0.25) is 0 Å². The van der Waals surface area contributed by atoms with E-state index in [2.05, 4.69) is 5.32 Å². The van der Waals surface area contributed by atoms with Gasteiger partial charge in [-0.05, 0) is 36.5 Å². The number of rotatable bonds is 5. The van der Waals surface area contributed by atoms with Crippen LogP contribution in [0.3, 0.4) is 0 Å². The first-order valence-electron chi connectivity index (χ1n) is 6.32. The van der Waals surface area contributed by atoms with E-state index in [9.17, 15) is 4.79 Å². The van der Waals surface area contributed by atoms with Gasteiger partial charge < -0.3 is 15.8 Å². The van der Waals surface area contributed by atoms with Crippen molar-refractivity contribution in [3.8, 4) is 5.75 Å². The third-order valence-electron chi connectivity index (χ3n) is 3.38. The Bertz CT molecular complexity index is 397. The van der Waals surface area contributed by atoms with Crippen molar-refractivity contribution in [3.05, 3.63) is 29.8 Å². The predicted octanol–water partition coefficient (Wildman–Crippen LogP) is 1.09. The third kappa shape index (κ3) is 3.47. The van der Waals surface area contributed by atoms with Crippen LogP contribution < -0.4 is 15.8 Å². The third-order valence-corrected chi connectivity index (χ3v) is 3.38. The van der Waals surface area contributed by atoms with E-state index in [0.29, 0.717) is 18.4 Å². The topological polar surface area (TPSA) is 64.3 Å². The second kappa shape index (κ2) is 5.87. The molecule has 1 aliphatic rings. The highest BCUT2D eigenvalue weighted by Gasteiger charge is 2.25. The maximum absolute atomic E-state index is 11.7. The monoisotopic (exact) mass is 248 g/mol. The van der Waals surface area contributed by atoms with Gasteiger partial charge in [0.15, 0.2) is 0 Å². The van der Waals surface area contributed by atoms with Gasteiger partial charge in [0.25, 0.3) is 0 Å². The van der Waals surface area contributed by atoms with Crippen LogP contribution in [0.5, 0.6) is 5.75 Å². The van der Waals surface area contributed by atoms with Crippen molar-refractivity contribution in [3.63, 3.8) is 0 Å². The summed E-state index contributed by atoms with van der Waals surface area (Å²) in [4.78, 5) is 11.7. The summed E-state index contributed by atoms with van der Waals surface area (Å²) in [5.74, 6) is 1.45. The van der Waals surface area contributed by atoms with Crippen LogP contribution in [0.1, 0.15) is 18.4 Å². The maximum Gasteiger partial charge on any atom is 0.224 e. The summed E-state index contributed by atoms with van der Waals surface area (Å²) in [6.45, 7) is 0.753. The van der Waals surface area contributed by atoms with Crippen LogP contribution in [0.4, 0.5) is 0 Å². The Labute approximate surface area is 108 Å². The second-order valence-electron chi connectivity index (χ2n) is 4.93. The molecule has 1 aliphatic carbocycles. The number of carbonyl (C=O) groups is 1. The minimum absolute atomic E-state index is 0.0700. The van der Waals surface area contributed by atoms with E-state index in [1.807, 2.05) is 24.3 Å². The molecule has 18 heavy (non-hydrogen) atoms. The van der Waals surface area contributed by atoms with E-state index in [4.69, 9.17) is 10.5 Å². The Morgan fingerprint density at radius 1 is 1.39 bits per heavy atom. The van der Waals surface area contributed by atoms with Gasteiger partial charge in [0, 0.05) is 12.6 Å². The van der Waals surface area contributed by atoms with Gasteiger partial charge in [0.2, 0.25) is 5.91 Å². The van der Waals surface area contributed by atoms with E-state index in [-0.39, 0.29) is 5.91 Å². The first-order valence-corrected chi connectivity index (χ1v) is 6.32. The van der Waals surface area contributed by atoms with Gasteiger partial charge in [0.05, 0.1) is 13.5 Å². The number of nitrogens with one attached hydrogen (secondary N) is 1. The van der Waals surface area contributed by atoms with Gasteiger partial charge in [0.1, 0.15) is 5.75 Å². The van der Waals surface area contributed by atoms with Crippen molar-refractivity contribution in [1.29, 1.82) is 0 Å². The Kier molecular flexibility index (Phi) is 4.20. The van der Waals surface area contributed by atoms with Gasteiger partial charge in [-0.2, -0.15) is 0 Å². The van der Waals surface area contributed by atoms with Crippen LogP contribution in [0.25, 0.3) is 0 Å². The minimum atomic E-state index is 0.0700. The standard InChI is InChI=1S/C14H20N2O2/c1-18-13-4-2-10(3-5-13)8-14(17)16-9-11-6-12(15)7-11/h2-5,11-12H,6-9,15H2,1H3,(H,16,17). The molecule has 3 N–H and O–H groups in total. The number of benzene rings is 1. The van der Waals surface area contributed by atoms with Gasteiger partial charge in [-0.3, -0.25) is 4.79 Å². The van der Waals surface area contributed by atoms with Crippen LogP contribution in [-0.2, 0) is 11.2 Å². The van der Waals surface area contributed by atoms with Crippen molar-refractivity contribution in [2.45, 2.75) is 25.3 Å². The minimum Gasteiger partial charge on any atom is -0.497 e. The molecule has 0 saturated heterocycles. The first kappa shape index (κ1) is 12.9. The second-order valence-corrected chi connectivity index (χ2v) is 4.93. The van der Waals surface area contributed by atoms with E-state index in [0.717, 1.165) is 30.7 Å². The molecule has 1 amide bonds. The highest BCUT2D eigenvalue weighted by Crippen LogP contribution is 2.24. The molecule has 0 radical (unpaired) electrons. The summed E-state index contributed by atoms with van der Waals surface area (Å²) in [6, 6.07) is 7.91. The fourth-order valence-corrected chi connectivity index (χ4v) is 2.20. The molecular weight excluding hydrogens is 228 g/mol. The zero-order valence-electron chi connectivity index (χ0n) is 10.7. The molecule has 4 nitrogen and oxygen atoms in total. The van der Waals surface area contributed by atoms with Crippen molar-refractivity contribution in [1.82, 2.24) is 5.32 Å². The first-order chi connectivity index (χ1) is 8.67. The number of amides is 1. The van der Waals surface area contributed by atoms with E-state index < -0.39 is 0 Å². The van der Waals surface area contributed by atoms with E-state index in [1.165, 1.54) is 0 Å². The molecule has 0 spiro atoms. The lowest BCUT2D eigenvalue weighted by Crippen LogP contribution is -2.42. The Hall–Kier alpha value is -1.55. The molecule has 1 fully saturated rings. The quantitative estimate of drug-likeness (QED) is 0.820. The molecule has 0 aliphatic heterocycles. The number of methoxy groups -OCH3 is 1. The zero-order valence-corrected chi connectivity index (χ0v) is 10.7. The van der Waals surface area contributed by atoms with Crippen LogP contribution in [-0.4, -0.2) is 25.6 Å². The maximum atomic E-state index is 11.7. The fraction of sp³-hybridized carbons (Fsp3) is 0.500. The molecule has 1 saturated carbocycles. The largest absolute Gasteiger partial charge is 0.497 e. The molecule has 4 heteroatoms. The molecule has 0 heterocycles. The van der Waals surface area contributed by atoms with Crippen molar-refractivity contribution in [2.24, 2.45) is 11.7 Å². The molecule has 0 bridgehead atoms. The smallest absolute Gasteiger partial charge is 0.224 e. The number of hydrogen-bond donors (Lipinski definition) is 2. The summed E-state index contributed by atoms with van der Waals surface area (Å²) in [5, 5.41) is 2.96. The molecule has 0 unspecified atom stereocenters. The van der Waals surface area contributed by atoms with Crippen molar-refractivity contribution < 1.29 is 9.53 Å². The molecule has 1 aromatic carbocycles. The summed E-state index contributed by atoms with van der Waals surface area (Å²) in [6.07, 6.45) is 2.48. The number of carbonyl (C=O) groups excluding carboxylic acids is 1. The summed E-state index contributed by atoms with van der Waals surface area (Å²) in [5.41, 5.74) is 6.70. The zero-order chi connectivity index (χ0) is 13.0. The lowest BCUT2D eigenvalue weighted by Gasteiger charge is -2.32. The van der Waals surface area contributed by atoms with Crippen molar-refractivity contribution in [2.75, 3.05) is 13.7 Å². The highest BCUT2D eigenvalue weighted by atomic mass is 16.5. The summed E-state index contributed by atoms with van der Waals surface area (Å²) < 4.78 is 5.07. The highest BCUT2D eigenvalue weighted by molar-refractivity contribution is 5.78. The fourth-order valence-electron chi connectivity index (χ4n) is 2.20. The van der Waals surface area contributed by atoms with Gasteiger partial charge in [-0.1, -0.05) is 12.1 Å². The molecular formula is C14H20N2O2. The molecule has 2 rings (SSSR count). The van der Waals surface area contributed by atoms with Gasteiger partial charge in [-0.15, -0.1) is 0 Å². The summed E-state index contributed by atoms with van der Waals surface area (Å²) >= 11 is 0. The SMILES string of the molecule is COc1ccc(CC(=O)NCC2CC(N)C2)cc1. The van der Waals surface area contributed by atoms with Crippen molar-refractivity contribution >= 4 is 5.91 Å². The number of ether oxygens (including phenoxy) is 1. The average molecular weight is 248 g/mol.